The van der Waals surface area contributed by atoms with Gasteiger partial charge in [-0.1, -0.05) is 19.9 Å². The van der Waals surface area contributed by atoms with E-state index in [1.165, 1.54) is 11.3 Å². The summed E-state index contributed by atoms with van der Waals surface area (Å²) >= 11 is 0. The van der Waals surface area contributed by atoms with Crippen LogP contribution in [0.5, 0.6) is 0 Å². The third-order valence-electron chi connectivity index (χ3n) is 3.12. The van der Waals surface area contributed by atoms with Crippen molar-refractivity contribution in [3.8, 4) is 0 Å². The van der Waals surface area contributed by atoms with Gasteiger partial charge in [-0.25, -0.2) is 0 Å². The van der Waals surface area contributed by atoms with Gasteiger partial charge < -0.3 is 4.74 Å². The minimum Gasteiger partial charge on any atom is -0.381 e. The molecule has 2 nitrogen and oxygen atoms in total. The zero-order valence-corrected chi connectivity index (χ0v) is 9.57. The molecule has 2 heterocycles. The SMILES string of the molecule is CC(C)c1ccc(C2CCOCC2)nc1. The molecule has 0 unspecified atom stereocenters. The maximum Gasteiger partial charge on any atom is 0.0472 e. The van der Waals surface area contributed by atoms with Crippen LogP contribution in [0.1, 0.15) is 49.8 Å². The van der Waals surface area contributed by atoms with E-state index in [1.807, 2.05) is 6.20 Å². The normalized spacial score (nSPS) is 18.3. The highest BCUT2D eigenvalue weighted by atomic mass is 16.5. The molecule has 1 saturated heterocycles. The van der Waals surface area contributed by atoms with Gasteiger partial charge in [0.15, 0.2) is 0 Å². The van der Waals surface area contributed by atoms with Crippen LogP contribution in [0.15, 0.2) is 18.3 Å². The molecule has 0 radical (unpaired) electrons. The lowest BCUT2D eigenvalue weighted by molar-refractivity contribution is 0.0845. The highest BCUT2D eigenvalue weighted by molar-refractivity contribution is 5.19. The van der Waals surface area contributed by atoms with E-state index in [-0.39, 0.29) is 0 Å². The van der Waals surface area contributed by atoms with E-state index in [0.717, 1.165) is 26.1 Å². The summed E-state index contributed by atoms with van der Waals surface area (Å²) < 4.78 is 5.36. The van der Waals surface area contributed by atoms with E-state index in [0.29, 0.717) is 11.8 Å². The summed E-state index contributed by atoms with van der Waals surface area (Å²) in [4.78, 5) is 4.57. The van der Waals surface area contributed by atoms with Gasteiger partial charge in [0.05, 0.1) is 0 Å². The van der Waals surface area contributed by atoms with Crippen LogP contribution in [-0.4, -0.2) is 18.2 Å². The fourth-order valence-corrected chi connectivity index (χ4v) is 1.99. The molecule has 1 aromatic rings. The lowest BCUT2D eigenvalue weighted by Gasteiger charge is -2.21. The van der Waals surface area contributed by atoms with Crippen molar-refractivity contribution in [2.75, 3.05) is 13.2 Å². The Morgan fingerprint density at radius 1 is 1.27 bits per heavy atom. The van der Waals surface area contributed by atoms with Crippen molar-refractivity contribution in [3.05, 3.63) is 29.6 Å². The highest BCUT2D eigenvalue weighted by Crippen LogP contribution is 2.25. The standard InChI is InChI=1S/C13H19NO/c1-10(2)12-3-4-13(14-9-12)11-5-7-15-8-6-11/h3-4,9-11H,5-8H2,1-2H3. The predicted molar refractivity (Wildman–Crippen MR) is 61.1 cm³/mol. The monoisotopic (exact) mass is 205 g/mol. The van der Waals surface area contributed by atoms with Gasteiger partial charge in [0, 0.05) is 31.0 Å². The molecule has 0 bridgehead atoms. The zero-order chi connectivity index (χ0) is 10.7. The topological polar surface area (TPSA) is 22.1 Å². The van der Waals surface area contributed by atoms with Crippen LogP contribution < -0.4 is 0 Å². The quantitative estimate of drug-likeness (QED) is 0.740. The number of aromatic nitrogens is 1. The second kappa shape index (κ2) is 4.75. The minimum atomic E-state index is 0.571. The molecule has 15 heavy (non-hydrogen) atoms. The number of nitrogens with zero attached hydrogens (tertiary/aromatic N) is 1. The van der Waals surface area contributed by atoms with Gasteiger partial charge in [-0.15, -0.1) is 0 Å². The van der Waals surface area contributed by atoms with Crippen molar-refractivity contribution < 1.29 is 4.74 Å². The third-order valence-corrected chi connectivity index (χ3v) is 3.12. The largest absolute Gasteiger partial charge is 0.381 e. The number of ether oxygens (including phenoxy) is 1. The molecular weight excluding hydrogens is 186 g/mol. The van der Waals surface area contributed by atoms with Crippen LogP contribution in [-0.2, 0) is 4.74 Å². The Labute approximate surface area is 91.7 Å². The summed E-state index contributed by atoms with van der Waals surface area (Å²) in [5.41, 5.74) is 2.56. The van der Waals surface area contributed by atoms with Gasteiger partial charge in [0.2, 0.25) is 0 Å². The molecule has 0 N–H and O–H groups in total. The summed E-state index contributed by atoms with van der Waals surface area (Å²) in [7, 11) is 0. The molecule has 1 aromatic heterocycles. The Bertz CT molecular complexity index is 299. The molecule has 2 heteroatoms. The predicted octanol–water partition coefficient (Wildman–Crippen LogP) is 3.10. The lowest BCUT2D eigenvalue weighted by atomic mass is 9.95. The van der Waals surface area contributed by atoms with E-state index < -0.39 is 0 Å². The molecule has 82 valence electrons. The van der Waals surface area contributed by atoms with Gasteiger partial charge in [0.25, 0.3) is 0 Å². The fraction of sp³-hybridized carbons (Fsp3) is 0.615. The van der Waals surface area contributed by atoms with Crippen LogP contribution in [0.25, 0.3) is 0 Å². The Morgan fingerprint density at radius 2 is 2.00 bits per heavy atom. The molecule has 1 fully saturated rings. The second-order valence-electron chi connectivity index (χ2n) is 4.56. The molecule has 0 aliphatic carbocycles. The molecule has 0 spiro atoms. The molecule has 0 saturated carbocycles. The van der Waals surface area contributed by atoms with E-state index in [4.69, 9.17) is 4.74 Å². The molecule has 2 rings (SSSR count). The maximum atomic E-state index is 5.36. The van der Waals surface area contributed by atoms with E-state index in [1.54, 1.807) is 0 Å². The first-order valence-corrected chi connectivity index (χ1v) is 5.81. The van der Waals surface area contributed by atoms with Crippen LogP contribution in [0.2, 0.25) is 0 Å². The first-order chi connectivity index (χ1) is 7.27. The number of hydrogen-bond acceptors (Lipinski definition) is 2. The Morgan fingerprint density at radius 3 is 2.53 bits per heavy atom. The molecule has 0 amide bonds. The fourth-order valence-electron chi connectivity index (χ4n) is 1.99. The Hall–Kier alpha value is -0.890. The van der Waals surface area contributed by atoms with Gasteiger partial charge >= 0.3 is 0 Å². The van der Waals surface area contributed by atoms with Crippen LogP contribution >= 0.6 is 0 Å². The van der Waals surface area contributed by atoms with Gasteiger partial charge in [-0.2, -0.15) is 0 Å². The molecule has 1 aliphatic heterocycles. The Kier molecular flexibility index (Phi) is 3.37. The van der Waals surface area contributed by atoms with Gasteiger partial charge in [-0.3, -0.25) is 4.98 Å². The van der Waals surface area contributed by atoms with Gasteiger partial charge in [-0.05, 0) is 30.4 Å². The number of pyridine rings is 1. The van der Waals surface area contributed by atoms with Crippen molar-refractivity contribution in [1.29, 1.82) is 0 Å². The van der Waals surface area contributed by atoms with Crippen LogP contribution in [0, 0.1) is 0 Å². The molecular formula is C13H19NO. The molecule has 1 aliphatic rings. The average molecular weight is 205 g/mol. The smallest absolute Gasteiger partial charge is 0.0472 e. The summed E-state index contributed by atoms with van der Waals surface area (Å²) in [5, 5.41) is 0. The third kappa shape index (κ3) is 2.57. The zero-order valence-electron chi connectivity index (χ0n) is 9.57. The first kappa shape index (κ1) is 10.6. The van der Waals surface area contributed by atoms with E-state index in [2.05, 4.69) is 31.0 Å². The molecule has 0 atom stereocenters. The summed E-state index contributed by atoms with van der Waals surface area (Å²) in [6.45, 7) is 6.17. The van der Waals surface area contributed by atoms with Crippen molar-refractivity contribution >= 4 is 0 Å². The van der Waals surface area contributed by atoms with Gasteiger partial charge in [0.1, 0.15) is 0 Å². The van der Waals surface area contributed by atoms with Crippen molar-refractivity contribution in [2.45, 2.75) is 38.5 Å². The second-order valence-corrected chi connectivity index (χ2v) is 4.56. The lowest BCUT2D eigenvalue weighted by Crippen LogP contribution is -2.15. The average Bonchev–Trinajstić information content (AvgIpc) is 2.30. The van der Waals surface area contributed by atoms with Crippen LogP contribution in [0.3, 0.4) is 0 Å². The maximum absolute atomic E-state index is 5.36. The molecule has 0 aromatic carbocycles. The summed E-state index contributed by atoms with van der Waals surface area (Å²) in [6.07, 6.45) is 4.26. The number of hydrogen-bond donors (Lipinski definition) is 0. The van der Waals surface area contributed by atoms with Crippen LogP contribution in [0.4, 0.5) is 0 Å². The van der Waals surface area contributed by atoms with E-state index >= 15 is 0 Å². The van der Waals surface area contributed by atoms with E-state index in [9.17, 15) is 0 Å². The van der Waals surface area contributed by atoms with Crippen molar-refractivity contribution in [3.63, 3.8) is 0 Å². The highest BCUT2D eigenvalue weighted by Gasteiger charge is 2.16. The first-order valence-electron chi connectivity index (χ1n) is 5.81. The Balaban J connectivity index is 2.08. The summed E-state index contributed by atoms with van der Waals surface area (Å²) in [5.74, 6) is 1.18. The summed E-state index contributed by atoms with van der Waals surface area (Å²) in [6, 6.07) is 4.40. The van der Waals surface area contributed by atoms with Crippen molar-refractivity contribution in [1.82, 2.24) is 4.98 Å². The minimum absolute atomic E-state index is 0.571. The van der Waals surface area contributed by atoms with Crippen molar-refractivity contribution in [2.24, 2.45) is 0 Å². The number of rotatable bonds is 2.